The van der Waals surface area contributed by atoms with Crippen LogP contribution in [0.1, 0.15) is 0 Å². The molecule has 2 rings (SSSR count). The highest BCUT2D eigenvalue weighted by Gasteiger charge is 2.03. The van der Waals surface area contributed by atoms with Gasteiger partial charge in [0.25, 0.3) is 0 Å². The second-order valence-corrected chi connectivity index (χ2v) is 3.67. The van der Waals surface area contributed by atoms with Crippen molar-refractivity contribution in [2.75, 3.05) is 5.73 Å². The minimum absolute atomic E-state index is 0.294. The molecule has 82 valence electrons. The zero-order valence-electron chi connectivity index (χ0n) is 8.28. The number of hydrogen-bond acceptors (Lipinski definition) is 2. The van der Waals surface area contributed by atoms with Crippen LogP contribution < -0.4 is 10.5 Å². The third-order valence-electron chi connectivity index (χ3n) is 2.02. The lowest BCUT2D eigenvalue weighted by molar-refractivity contribution is 0.479. The van der Waals surface area contributed by atoms with E-state index in [9.17, 15) is 4.39 Å². The Balaban J connectivity index is 2.26. The fourth-order valence-corrected chi connectivity index (χ4v) is 1.35. The van der Waals surface area contributed by atoms with Crippen molar-refractivity contribution in [3.05, 3.63) is 53.3 Å². The SMILES string of the molecule is Nc1ccc(F)cc1Oc1ccc(Cl)cc1. The predicted octanol–water partition coefficient (Wildman–Crippen LogP) is 3.85. The zero-order chi connectivity index (χ0) is 11.5. The van der Waals surface area contributed by atoms with E-state index in [0.29, 0.717) is 22.2 Å². The summed E-state index contributed by atoms with van der Waals surface area (Å²) in [4.78, 5) is 0. The first-order valence-electron chi connectivity index (χ1n) is 4.63. The molecule has 0 fully saturated rings. The van der Waals surface area contributed by atoms with Crippen LogP contribution in [0.2, 0.25) is 5.02 Å². The molecule has 0 spiro atoms. The van der Waals surface area contributed by atoms with Gasteiger partial charge < -0.3 is 10.5 Å². The van der Waals surface area contributed by atoms with Gasteiger partial charge in [0.05, 0.1) is 5.69 Å². The van der Waals surface area contributed by atoms with Crippen LogP contribution >= 0.6 is 11.6 Å². The number of anilines is 1. The maximum absolute atomic E-state index is 13.0. The molecule has 2 nitrogen and oxygen atoms in total. The Bertz CT molecular complexity index is 499. The lowest BCUT2D eigenvalue weighted by atomic mass is 10.3. The molecule has 16 heavy (non-hydrogen) atoms. The molecule has 0 radical (unpaired) electrons. The molecule has 0 atom stereocenters. The average molecular weight is 238 g/mol. The second kappa shape index (κ2) is 4.41. The van der Waals surface area contributed by atoms with Gasteiger partial charge >= 0.3 is 0 Å². The van der Waals surface area contributed by atoms with Gasteiger partial charge in [-0.3, -0.25) is 0 Å². The number of rotatable bonds is 2. The van der Waals surface area contributed by atoms with Gasteiger partial charge in [0, 0.05) is 11.1 Å². The fourth-order valence-electron chi connectivity index (χ4n) is 1.23. The summed E-state index contributed by atoms with van der Waals surface area (Å²) in [5, 5.41) is 0.611. The van der Waals surface area contributed by atoms with Gasteiger partial charge in [-0.05, 0) is 36.4 Å². The molecule has 0 unspecified atom stereocenters. The summed E-state index contributed by atoms with van der Waals surface area (Å²) in [6.45, 7) is 0. The monoisotopic (exact) mass is 237 g/mol. The molecular weight excluding hydrogens is 229 g/mol. The summed E-state index contributed by atoms with van der Waals surface area (Å²) < 4.78 is 18.4. The zero-order valence-corrected chi connectivity index (χ0v) is 9.04. The van der Waals surface area contributed by atoms with Crippen molar-refractivity contribution in [1.29, 1.82) is 0 Å². The molecule has 2 aromatic rings. The summed E-state index contributed by atoms with van der Waals surface area (Å²) in [5.74, 6) is 0.460. The molecule has 0 saturated carbocycles. The topological polar surface area (TPSA) is 35.2 Å². The van der Waals surface area contributed by atoms with Crippen molar-refractivity contribution >= 4 is 17.3 Å². The number of hydrogen-bond donors (Lipinski definition) is 1. The van der Waals surface area contributed by atoms with Gasteiger partial charge in [-0.1, -0.05) is 11.6 Å². The summed E-state index contributed by atoms with van der Waals surface area (Å²) in [7, 11) is 0. The molecular formula is C12H9ClFNO. The number of nitrogens with two attached hydrogens (primary N) is 1. The van der Waals surface area contributed by atoms with E-state index in [1.807, 2.05) is 0 Å². The van der Waals surface area contributed by atoms with Gasteiger partial charge in [-0.25, -0.2) is 4.39 Å². The van der Waals surface area contributed by atoms with E-state index in [1.165, 1.54) is 18.2 Å². The molecule has 0 amide bonds. The molecule has 2 aromatic carbocycles. The van der Waals surface area contributed by atoms with Crippen LogP contribution in [-0.2, 0) is 0 Å². The Labute approximate surface area is 97.4 Å². The molecule has 0 aliphatic rings. The van der Waals surface area contributed by atoms with Crippen molar-refractivity contribution in [2.45, 2.75) is 0 Å². The largest absolute Gasteiger partial charge is 0.455 e. The lowest BCUT2D eigenvalue weighted by Gasteiger charge is -2.08. The van der Waals surface area contributed by atoms with Crippen molar-refractivity contribution < 1.29 is 9.13 Å². The van der Waals surface area contributed by atoms with Crippen LogP contribution in [0.15, 0.2) is 42.5 Å². The lowest BCUT2D eigenvalue weighted by Crippen LogP contribution is -1.92. The van der Waals surface area contributed by atoms with E-state index in [-0.39, 0.29) is 0 Å². The predicted molar refractivity (Wildman–Crippen MR) is 62.3 cm³/mol. The van der Waals surface area contributed by atoms with Crippen molar-refractivity contribution in [3.8, 4) is 11.5 Å². The molecule has 0 saturated heterocycles. The molecule has 0 heterocycles. The fraction of sp³-hybridized carbons (Fsp3) is 0. The average Bonchev–Trinajstić information content (AvgIpc) is 2.27. The first-order chi connectivity index (χ1) is 7.65. The van der Waals surface area contributed by atoms with Gasteiger partial charge in [0.2, 0.25) is 0 Å². The third-order valence-corrected chi connectivity index (χ3v) is 2.27. The maximum atomic E-state index is 13.0. The first-order valence-corrected chi connectivity index (χ1v) is 5.01. The summed E-state index contributed by atoms with van der Waals surface area (Å²) in [5.41, 5.74) is 6.03. The van der Waals surface area contributed by atoms with Crippen molar-refractivity contribution in [3.63, 3.8) is 0 Å². The quantitative estimate of drug-likeness (QED) is 0.805. The highest BCUT2D eigenvalue weighted by molar-refractivity contribution is 6.30. The van der Waals surface area contributed by atoms with E-state index < -0.39 is 5.82 Å². The second-order valence-electron chi connectivity index (χ2n) is 3.24. The van der Waals surface area contributed by atoms with Gasteiger partial charge in [0.15, 0.2) is 5.75 Å². The third kappa shape index (κ3) is 2.44. The molecule has 0 aromatic heterocycles. The van der Waals surface area contributed by atoms with Crippen LogP contribution in [0.3, 0.4) is 0 Å². The Morgan fingerprint density at radius 3 is 2.44 bits per heavy atom. The van der Waals surface area contributed by atoms with Crippen LogP contribution in [-0.4, -0.2) is 0 Å². The smallest absolute Gasteiger partial charge is 0.153 e. The number of benzene rings is 2. The van der Waals surface area contributed by atoms with Gasteiger partial charge in [-0.2, -0.15) is 0 Å². The van der Waals surface area contributed by atoms with Gasteiger partial charge in [0.1, 0.15) is 11.6 Å². The normalized spacial score (nSPS) is 10.1. The Morgan fingerprint density at radius 2 is 1.75 bits per heavy atom. The number of ether oxygens (including phenoxy) is 1. The van der Waals surface area contributed by atoms with Crippen LogP contribution in [0.25, 0.3) is 0 Å². The summed E-state index contributed by atoms with van der Waals surface area (Å²) >= 11 is 5.73. The molecule has 0 aliphatic heterocycles. The molecule has 4 heteroatoms. The minimum atomic E-state index is -0.391. The number of halogens is 2. The van der Waals surface area contributed by atoms with Crippen LogP contribution in [0.5, 0.6) is 11.5 Å². The Hall–Kier alpha value is -1.74. The molecule has 2 N–H and O–H groups in total. The number of nitrogen functional groups attached to an aromatic ring is 1. The van der Waals surface area contributed by atoms with Gasteiger partial charge in [-0.15, -0.1) is 0 Å². The highest BCUT2D eigenvalue weighted by atomic mass is 35.5. The Morgan fingerprint density at radius 1 is 1.06 bits per heavy atom. The molecule has 0 bridgehead atoms. The van der Waals surface area contributed by atoms with E-state index in [2.05, 4.69) is 0 Å². The minimum Gasteiger partial charge on any atom is -0.455 e. The maximum Gasteiger partial charge on any atom is 0.153 e. The standard InChI is InChI=1S/C12H9ClFNO/c13-8-1-4-10(5-2-8)16-12-7-9(14)3-6-11(12)15/h1-7H,15H2. The highest BCUT2D eigenvalue weighted by Crippen LogP contribution is 2.28. The Kier molecular flexibility index (Phi) is 2.97. The van der Waals surface area contributed by atoms with Crippen LogP contribution in [0.4, 0.5) is 10.1 Å². The van der Waals surface area contributed by atoms with Crippen molar-refractivity contribution in [2.24, 2.45) is 0 Å². The molecule has 0 aliphatic carbocycles. The van der Waals surface area contributed by atoms with E-state index in [4.69, 9.17) is 22.1 Å². The van der Waals surface area contributed by atoms with E-state index >= 15 is 0 Å². The first kappa shape index (κ1) is 10.8. The van der Waals surface area contributed by atoms with Crippen molar-refractivity contribution in [1.82, 2.24) is 0 Å². The summed E-state index contributed by atoms with van der Waals surface area (Å²) in [6.07, 6.45) is 0. The van der Waals surface area contributed by atoms with E-state index in [0.717, 1.165) is 0 Å². The van der Waals surface area contributed by atoms with E-state index in [1.54, 1.807) is 24.3 Å². The summed E-state index contributed by atoms with van der Waals surface area (Å²) in [6, 6.07) is 10.7. The van der Waals surface area contributed by atoms with Crippen LogP contribution in [0, 0.1) is 5.82 Å².